The molecule has 0 aliphatic heterocycles. The van der Waals surface area contributed by atoms with Crippen LogP contribution in [-0.2, 0) is 6.61 Å². The number of halogens is 2. The normalized spacial score (nSPS) is 11.5. The summed E-state index contributed by atoms with van der Waals surface area (Å²) >= 11 is 12.4. The first kappa shape index (κ1) is 19.2. The highest BCUT2D eigenvalue weighted by Gasteiger charge is 2.13. The molecule has 6 heteroatoms. The van der Waals surface area contributed by atoms with Crippen LogP contribution in [0.2, 0.25) is 10.0 Å². The molecule has 0 amide bonds. The molecule has 4 nitrogen and oxygen atoms in total. The number of hydrogen-bond donors (Lipinski definition) is 1. The fourth-order valence-electron chi connectivity index (χ4n) is 2.84. The van der Waals surface area contributed by atoms with Crippen LogP contribution in [0, 0.1) is 6.92 Å². The van der Waals surface area contributed by atoms with Crippen molar-refractivity contribution >= 4 is 39.8 Å². The Kier molecular flexibility index (Phi) is 5.99. The molecule has 27 heavy (non-hydrogen) atoms. The SMILES string of the molecule is C=C/C=C(\NC)c1cc(C)nc2c(OCc3c(Cl)cncc3Cl)cccc12. The molecule has 0 aliphatic rings. The molecule has 0 saturated heterocycles. The molecule has 2 aromatic heterocycles. The minimum Gasteiger partial charge on any atom is -0.487 e. The van der Waals surface area contributed by atoms with Gasteiger partial charge < -0.3 is 10.1 Å². The van der Waals surface area contributed by atoms with Gasteiger partial charge in [0.25, 0.3) is 0 Å². The Morgan fingerprint density at radius 3 is 2.67 bits per heavy atom. The van der Waals surface area contributed by atoms with Gasteiger partial charge in [0, 0.05) is 47.3 Å². The molecule has 1 aromatic carbocycles. The Hall–Kier alpha value is -2.56. The summed E-state index contributed by atoms with van der Waals surface area (Å²) in [5.41, 5.74) is 4.35. The van der Waals surface area contributed by atoms with E-state index < -0.39 is 0 Å². The number of nitrogens with one attached hydrogen (secondary N) is 1. The molecule has 138 valence electrons. The molecule has 1 N–H and O–H groups in total. The number of rotatable bonds is 6. The lowest BCUT2D eigenvalue weighted by atomic mass is 10.0. The second kappa shape index (κ2) is 8.42. The first-order valence-corrected chi connectivity index (χ1v) is 9.12. The predicted octanol–water partition coefficient (Wildman–Crippen LogP) is 5.57. The fourth-order valence-corrected chi connectivity index (χ4v) is 3.31. The van der Waals surface area contributed by atoms with Crippen molar-refractivity contribution < 1.29 is 4.74 Å². The van der Waals surface area contributed by atoms with Crippen molar-refractivity contribution in [3.63, 3.8) is 0 Å². The number of benzene rings is 1. The largest absolute Gasteiger partial charge is 0.487 e. The summed E-state index contributed by atoms with van der Waals surface area (Å²) < 4.78 is 6.03. The van der Waals surface area contributed by atoms with Gasteiger partial charge in [-0.3, -0.25) is 4.98 Å². The van der Waals surface area contributed by atoms with E-state index in [0.29, 0.717) is 21.4 Å². The maximum absolute atomic E-state index is 6.19. The van der Waals surface area contributed by atoms with Crippen LogP contribution in [0.25, 0.3) is 16.6 Å². The van der Waals surface area contributed by atoms with Crippen molar-refractivity contribution in [3.8, 4) is 5.75 Å². The molecule has 0 spiro atoms. The number of ether oxygens (including phenoxy) is 1. The van der Waals surface area contributed by atoms with Gasteiger partial charge in [-0.05, 0) is 25.1 Å². The van der Waals surface area contributed by atoms with Gasteiger partial charge in [0.15, 0.2) is 0 Å². The van der Waals surface area contributed by atoms with Crippen molar-refractivity contribution in [2.75, 3.05) is 7.05 Å². The Balaban J connectivity index is 2.06. The van der Waals surface area contributed by atoms with E-state index in [1.165, 1.54) is 0 Å². The summed E-state index contributed by atoms with van der Waals surface area (Å²) in [5.74, 6) is 0.662. The number of hydrogen-bond acceptors (Lipinski definition) is 4. The lowest BCUT2D eigenvalue weighted by Gasteiger charge is -2.15. The van der Waals surface area contributed by atoms with Gasteiger partial charge in [0.2, 0.25) is 0 Å². The van der Waals surface area contributed by atoms with E-state index in [1.54, 1.807) is 18.5 Å². The molecule has 0 unspecified atom stereocenters. The number of allylic oxidation sites excluding steroid dienone is 2. The third kappa shape index (κ3) is 4.07. The van der Waals surface area contributed by atoms with Gasteiger partial charge in [0.1, 0.15) is 17.9 Å². The molecule has 0 radical (unpaired) electrons. The number of aryl methyl sites for hydroxylation is 1. The smallest absolute Gasteiger partial charge is 0.146 e. The van der Waals surface area contributed by atoms with Crippen LogP contribution >= 0.6 is 23.2 Å². The summed E-state index contributed by atoms with van der Waals surface area (Å²) in [6.45, 7) is 5.97. The fraction of sp³-hybridized carbons (Fsp3) is 0.143. The van der Waals surface area contributed by atoms with Gasteiger partial charge in [-0.15, -0.1) is 0 Å². The van der Waals surface area contributed by atoms with E-state index >= 15 is 0 Å². The quantitative estimate of drug-likeness (QED) is 0.550. The summed E-state index contributed by atoms with van der Waals surface area (Å²) in [7, 11) is 1.88. The molecular weight excluding hydrogens is 381 g/mol. The highest BCUT2D eigenvalue weighted by atomic mass is 35.5. The third-order valence-electron chi connectivity index (χ3n) is 4.10. The maximum Gasteiger partial charge on any atom is 0.146 e. The van der Waals surface area contributed by atoms with Crippen molar-refractivity contribution in [1.82, 2.24) is 15.3 Å². The second-order valence-corrected chi connectivity index (χ2v) is 6.71. The summed E-state index contributed by atoms with van der Waals surface area (Å²) in [4.78, 5) is 8.65. The van der Waals surface area contributed by atoms with Gasteiger partial charge in [0.05, 0.1) is 10.0 Å². The van der Waals surface area contributed by atoms with Crippen molar-refractivity contribution in [2.24, 2.45) is 0 Å². The first-order valence-electron chi connectivity index (χ1n) is 8.37. The maximum atomic E-state index is 6.19. The molecule has 3 aromatic rings. The van der Waals surface area contributed by atoms with Gasteiger partial charge >= 0.3 is 0 Å². The molecule has 0 aliphatic carbocycles. The molecular formula is C21H19Cl2N3O. The van der Waals surface area contributed by atoms with Crippen LogP contribution in [0.15, 0.2) is 55.4 Å². The zero-order chi connectivity index (χ0) is 19.4. The van der Waals surface area contributed by atoms with Crippen molar-refractivity contribution in [1.29, 1.82) is 0 Å². The average Bonchev–Trinajstić information content (AvgIpc) is 2.65. The van der Waals surface area contributed by atoms with E-state index in [0.717, 1.165) is 27.9 Å². The molecule has 0 bridgehead atoms. The molecule has 0 saturated carbocycles. The molecule has 0 atom stereocenters. The van der Waals surface area contributed by atoms with Crippen LogP contribution in [0.4, 0.5) is 0 Å². The van der Waals surface area contributed by atoms with E-state index in [4.69, 9.17) is 27.9 Å². The average molecular weight is 400 g/mol. The van der Waals surface area contributed by atoms with Crippen molar-refractivity contribution in [3.05, 3.63) is 82.3 Å². The summed E-state index contributed by atoms with van der Waals surface area (Å²) in [6.07, 6.45) is 6.78. The Morgan fingerprint density at radius 1 is 1.26 bits per heavy atom. The monoisotopic (exact) mass is 399 g/mol. The second-order valence-electron chi connectivity index (χ2n) is 5.90. The van der Waals surface area contributed by atoms with Crippen LogP contribution in [0.3, 0.4) is 0 Å². The third-order valence-corrected chi connectivity index (χ3v) is 4.75. The van der Waals surface area contributed by atoms with Gasteiger partial charge in [-0.1, -0.05) is 48.0 Å². The number of pyridine rings is 2. The zero-order valence-corrected chi connectivity index (χ0v) is 16.6. The van der Waals surface area contributed by atoms with Crippen LogP contribution < -0.4 is 10.1 Å². The topological polar surface area (TPSA) is 47.0 Å². The Bertz CT molecular complexity index is 1010. The van der Waals surface area contributed by atoms with Gasteiger partial charge in [-0.25, -0.2) is 4.98 Å². The van der Waals surface area contributed by atoms with E-state index in [2.05, 4.69) is 21.9 Å². The Labute approximate surface area is 168 Å². The molecule has 0 fully saturated rings. The standard InChI is InChI=1S/C21H19Cl2N3O/c1-4-6-19(24-3)15-9-13(2)26-21-14(15)7-5-8-20(21)27-12-16-17(22)10-25-11-18(16)23/h4-11,24H,1,12H2,2-3H3/b19-6-. The van der Waals surface area contributed by atoms with Crippen molar-refractivity contribution in [2.45, 2.75) is 13.5 Å². The number of fused-ring (bicyclic) bond motifs is 1. The summed E-state index contributed by atoms with van der Waals surface area (Å²) in [5, 5.41) is 5.13. The van der Waals surface area contributed by atoms with E-state index in [-0.39, 0.29) is 6.61 Å². The minimum atomic E-state index is 0.228. The van der Waals surface area contributed by atoms with E-state index in [1.807, 2.05) is 44.3 Å². The highest BCUT2D eigenvalue weighted by molar-refractivity contribution is 6.35. The summed E-state index contributed by atoms with van der Waals surface area (Å²) in [6, 6.07) is 7.88. The first-order chi connectivity index (χ1) is 13.0. The van der Waals surface area contributed by atoms with E-state index in [9.17, 15) is 0 Å². The highest BCUT2D eigenvalue weighted by Crippen LogP contribution is 2.31. The number of nitrogens with zero attached hydrogens (tertiary/aromatic N) is 2. The number of aromatic nitrogens is 2. The zero-order valence-electron chi connectivity index (χ0n) is 15.1. The minimum absolute atomic E-state index is 0.228. The predicted molar refractivity (Wildman–Crippen MR) is 112 cm³/mol. The van der Waals surface area contributed by atoms with Crippen LogP contribution in [-0.4, -0.2) is 17.0 Å². The van der Waals surface area contributed by atoms with Crippen LogP contribution in [0.1, 0.15) is 16.8 Å². The lowest BCUT2D eigenvalue weighted by molar-refractivity contribution is 0.309. The number of para-hydroxylation sites is 1. The lowest BCUT2D eigenvalue weighted by Crippen LogP contribution is -2.06. The molecule has 3 rings (SSSR count). The Morgan fingerprint density at radius 2 is 2.00 bits per heavy atom. The van der Waals surface area contributed by atoms with Crippen LogP contribution in [0.5, 0.6) is 5.75 Å². The molecule has 2 heterocycles. The van der Waals surface area contributed by atoms with Gasteiger partial charge in [-0.2, -0.15) is 0 Å².